The van der Waals surface area contributed by atoms with E-state index >= 15 is 0 Å². The zero-order valence-corrected chi connectivity index (χ0v) is 17.5. The van der Waals surface area contributed by atoms with Gasteiger partial charge in [0.1, 0.15) is 0 Å². The van der Waals surface area contributed by atoms with E-state index in [-0.39, 0.29) is 16.9 Å². The molecule has 10 heteroatoms. The Morgan fingerprint density at radius 2 is 1.81 bits per heavy atom. The number of hydrogen-bond donors (Lipinski definition) is 3. The van der Waals surface area contributed by atoms with Crippen LogP contribution in [0.25, 0.3) is 0 Å². The molecule has 0 unspecified atom stereocenters. The van der Waals surface area contributed by atoms with Crippen molar-refractivity contribution in [2.75, 3.05) is 23.7 Å². The van der Waals surface area contributed by atoms with E-state index in [1.54, 1.807) is 6.20 Å². The molecule has 4 heterocycles. The van der Waals surface area contributed by atoms with E-state index in [2.05, 4.69) is 35.7 Å². The van der Waals surface area contributed by atoms with Crippen LogP contribution in [0, 0.1) is 0 Å². The van der Waals surface area contributed by atoms with E-state index in [1.165, 1.54) is 43.9 Å². The highest BCUT2D eigenvalue weighted by atomic mass is 35.5. The van der Waals surface area contributed by atoms with Crippen LogP contribution < -0.4 is 10.6 Å². The number of hydrogen-bond acceptors (Lipinski definition) is 6. The molecule has 1 saturated heterocycles. The lowest BCUT2D eigenvalue weighted by molar-refractivity contribution is 0.102. The maximum atomic E-state index is 12.8. The summed E-state index contributed by atoms with van der Waals surface area (Å²) in [5.41, 5.74) is 2.18. The second-order valence-corrected chi connectivity index (χ2v) is 7.80. The van der Waals surface area contributed by atoms with Gasteiger partial charge in [0.05, 0.1) is 28.2 Å². The van der Waals surface area contributed by atoms with E-state index in [0.29, 0.717) is 10.7 Å². The minimum absolute atomic E-state index is 0.0600. The molecule has 9 nitrogen and oxygen atoms in total. The number of amides is 2. The summed E-state index contributed by atoms with van der Waals surface area (Å²) in [6, 6.07) is 3.39. The fourth-order valence-corrected chi connectivity index (χ4v) is 3.67. The lowest BCUT2D eigenvalue weighted by Crippen LogP contribution is -2.29. The van der Waals surface area contributed by atoms with Gasteiger partial charge in [-0.25, -0.2) is 0 Å². The molecular formula is C21H22ClN7O2. The van der Waals surface area contributed by atoms with Gasteiger partial charge < -0.3 is 10.6 Å². The quantitative estimate of drug-likeness (QED) is 0.542. The van der Waals surface area contributed by atoms with Crippen LogP contribution >= 0.6 is 11.6 Å². The smallest absolute Gasteiger partial charge is 0.278 e. The number of carbonyl (C=O) groups excluding carboxylic acids is 2. The molecular weight excluding hydrogens is 418 g/mol. The molecule has 0 atom stereocenters. The average molecular weight is 440 g/mol. The number of nitrogens with zero attached hydrogens (tertiary/aromatic N) is 4. The third kappa shape index (κ3) is 5.44. The summed E-state index contributed by atoms with van der Waals surface area (Å²) in [4.78, 5) is 35.7. The van der Waals surface area contributed by atoms with Gasteiger partial charge in [-0.05, 0) is 43.6 Å². The van der Waals surface area contributed by atoms with Crippen molar-refractivity contribution < 1.29 is 9.59 Å². The molecule has 160 valence electrons. The summed E-state index contributed by atoms with van der Waals surface area (Å²) in [6.45, 7) is 2.96. The summed E-state index contributed by atoms with van der Waals surface area (Å²) in [5.74, 6) is -0.909. The molecule has 1 aliphatic heterocycles. The Balaban J connectivity index is 1.42. The van der Waals surface area contributed by atoms with Crippen LogP contribution in [-0.4, -0.2) is 50.0 Å². The van der Waals surface area contributed by atoms with Gasteiger partial charge >= 0.3 is 0 Å². The maximum absolute atomic E-state index is 12.8. The van der Waals surface area contributed by atoms with E-state index in [0.717, 1.165) is 25.2 Å². The first-order chi connectivity index (χ1) is 15.1. The number of H-pyrrole nitrogens is 1. The Morgan fingerprint density at radius 3 is 2.61 bits per heavy atom. The van der Waals surface area contributed by atoms with Crippen LogP contribution in [0.2, 0.25) is 5.02 Å². The molecule has 4 rings (SSSR count). The first-order valence-corrected chi connectivity index (χ1v) is 10.4. The van der Waals surface area contributed by atoms with Crippen molar-refractivity contribution in [2.45, 2.75) is 25.8 Å². The highest BCUT2D eigenvalue weighted by Crippen LogP contribution is 2.18. The highest BCUT2D eigenvalue weighted by molar-refractivity contribution is 6.30. The summed E-state index contributed by atoms with van der Waals surface area (Å²) in [5, 5.41) is 12.4. The van der Waals surface area contributed by atoms with E-state index in [9.17, 15) is 9.59 Å². The molecule has 0 spiro atoms. The second-order valence-electron chi connectivity index (χ2n) is 7.37. The van der Waals surface area contributed by atoms with Crippen LogP contribution in [0.15, 0.2) is 43.1 Å². The summed E-state index contributed by atoms with van der Waals surface area (Å²) < 4.78 is 0. The molecule has 2 amide bonds. The first kappa shape index (κ1) is 21.0. The van der Waals surface area contributed by atoms with Crippen molar-refractivity contribution in [3.05, 3.63) is 65.0 Å². The van der Waals surface area contributed by atoms with Gasteiger partial charge in [0.25, 0.3) is 11.8 Å². The average Bonchev–Trinajstić information content (AvgIpc) is 3.23. The van der Waals surface area contributed by atoms with Crippen LogP contribution in [0.1, 0.15) is 45.7 Å². The molecule has 0 radical (unpaired) electrons. The van der Waals surface area contributed by atoms with Gasteiger partial charge in [-0.3, -0.25) is 29.6 Å². The maximum Gasteiger partial charge on any atom is 0.278 e. The Kier molecular flexibility index (Phi) is 6.54. The minimum atomic E-state index is -0.460. The number of aromatic nitrogens is 4. The Hall–Kier alpha value is -3.30. The molecule has 3 aromatic rings. The third-order valence-electron chi connectivity index (χ3n) is 4.98. The Morgan fingerprint density at radius 1 is 1.00 bits per heavy atom. The van der Waals surface area contributed by atoms with E-state index < -0.39 is 11.8 Å². The van der Waals surface area contributed by atoms with E-state index in [1.807, 2.05) is 12.3 Å². The molecule has 1 aliphatic rings. The van der Waals surface area contributed by atoms with Crippen LogP contribution in [0.4, 0.5) is 11.4 Å². The number of rotatable bonds is 6. The van der Waals surface area contributed by atoms with Gasteiger partial charge in [-0.1, -0.05) is 18.0 Å². The molecule has 31 heavy (non-hydrogen) atoms. The molecule has 3 N–H and O–H groups in total. The van der Waals surface area contributed by atoms with Crippen molar-refractivity contribution in [3.63, 3.8) is 0 Å². The number of halogens is 1. The SMILES string of the molecule is O=C(Nc1c[nH]nc1C(=O)Nc1cncc(CN2CCCCC2)c1)c1cncc(Cl)c1. The number of aromatic amines is 1. The normalized spacial score (nSPS) is 14.2. The lowest BCUT2D eigenvalue weighted by atomic mass is 10.1. The predicted octanol–water partition coefficient (Wildman–Crippen LogP) is 3.34. The fraction of sp³-hybridized carbons (Fsp3) is 0.286. The number of piperidine rings is 1. The largest absolute Gasteiger partial charge is 0.319 e. The van der Waals surface area contributed by atoms with Gasteiger partial charge in [0, 0.05) is 31.3 Å². The zero-order chi connectivity index (χ0) is 21.6. The van der Waals surface area contributed by atoms with Crippen molar-refractivity contribution >= 4 is 34.8 Å². The topological polar surface area (TPSA) is 116 Å². The van der Waals surface area contributed by atoms with Crippen LogP contribution in [-0.2, 0) is 6.54 Å². The standard InChI is InChI=1S/C21H22ClN7O2/c22-16-7-15(9-24-10-16)20(30)27-18-12-25-28-19(18)21(31)26-17-6-14(8-23-11-17)13-29-4-2-1-3-5-29/h6-12H,1-5,13H2,(H,25,28)(H,26,31)(H,27,30). The van der Waals surface area contributed by atoms with Gasteiger partial charge in [-0.15, -0.1) is 0 Å². The van der Waals surface area contributed by atoms with Crippen LogP contribution in [0.3, 0.4) is 0 Å². The summed E-state index contributed by atoms with van der Waals surface area (Å²) >= 11 is 5.88. The molecule has 0 aromatic carbocycles. The van der Waals surface area contributed by atoms with Gasteiger partial charge in [-0.2, -0.15) is 5.10 Å². The van der Waals surface area contributed by atoms with Gasteiger partial charge in [0.2, 0.25) is 0 Å². The summed E-state index contributed by atoms with van der Waals surface area (Å²) in [6.07, 6.45) is 11.4. The zero-order valence-electron chi connectivity index (χ0n) is 16.8. The lowest BCUT2D eigenvalue weighted by Gasteiger charge is -2.26. The molecule has 3 aromatic heterocycles. The van der Waals surface area contributed by atoms with Crippen molar-refractivity contribution in [1.82, 2.24) is 25.1 Å². The Bertz CT molecular complexity index is 1080. The number of carbonyl (C=O) groups is 2. The highest BCUT2D eigenvalue weighted by Gasteiger charge is 2.18. The van der Waals surface area contributed by atoms with Crippen LogP contribution in [0.5, 0.6) is 0 Å². The van der Waals surface area contributed by atoms with Crippen molar-refractivity contribution in [1.29, 1.82) is 0 Å². The molecule has 0 saturated carbocycles. The number of nitrogens with one attached hydrogen (secondary N) is 3. The minimum Gasteiger partial charge on any atom is -0.319 e. The van der Waals surface area contributed by atoms with Gasteiger partial charge in [0.15, 0.2) is 5.69 Å². The molecule has 0 aliphatic carbocycles. The monoisotopic (exact) mass is 439 g/mol. The number of likely N-dealkylation sites (tertiary alicyclic amines) is 1. The second kappa shape index (κ2) is 9.67. The summed E-state index contributed by atoms with van der Waals surface area (Å²) in [7, 11) is 0. The fourth-order valence-electron chi connectivity index (χ4n) is 3.50. The Labute approximate surface area is 184 Å². The third-order valence-corrected chi connectivity index (χ3v) is 5.19. The molecule has 1 fully saturated rings. The number of pyridine rings is 2. The number of anilines is 2. The molecule has 0 bridgehead atoms. The van der Waals surface area contributed by atoms with E-state index in [4.69, 9.17) is 11.6 Å². The predicted molar refractivity (Wildman–Crippen MR) is 117 cm³/mol. The van der Waals surface area contributed by atoms with Crippen molar-refractivity contribution in [3.8, 4) is 0 Å². The van der Waals surface area contributed by atoms with Crippen molar-refractivity contribution in [2.24, 2.45) is 0 Å². The first-order valence-electron chi connectivity index (χ1n) is 10.0.